The highest BCUT2D eigenvalue weighted by molar-refractivity contribution is 5.52. The molecule has 1 heterocycles. The average Bonchev–Trinajstić information content (AvgIpc) is 2.27. The van der Waals surface area contributed by atoms with Gasteiger partial charge < -0.3 is 10.4 Å². The van der Waals surface area contributed by atoms with Crippen LogP contribution in [0.2, 0.25) is 0 Å². The molecule has 16 heavy (non-hydrogen) atoms. The number of hydrogen-bond donors (Lipinski definition) is 2. The first-order chi connectivity index (χ1) is 7.67. The number of hydrogen-bond acceptors (Lipinski definition) is 4. The molecular weight excluding hydrogens is 202 g/mol. The van der Waals surface area contributed by atoms with Gasteiger partial charge in [0.1, 0.15) is 11.9 Å². The zero-order valence-electron chi connectivity index (χ0n) is 9.70. The van der Waals surface area contributed by atoms with Gasteiger partial charge in [-0.2, -0.15) is 5.26 Å². The Morgan fingerprint density at radius 3 is 2.94 bits per heavy atom. The summed E-state index contributed by atoms with van der Waals surface area (Å²) >= 11 is 0. The molecule has 2 N–H and O–H groups in total. The second kappa shape index (κ2) is 6.09. The van der Waals surface area contributed by atoms with Gasteiger partial charge in [0.05, 0.1) is 11.7 Å². The van der Waals surface area contributed by atoms with Gasteiger partial charge in [-0.25, -0.2) is 4.98 Å². The van der Waals surface area contributed by atoms with E-state index in [1.165, 1.54) is 0 Å². The summed E-state index contributed by atoms with van der Waals surface area (Å²) in [5, 5.41) is 21.5. The van der Waals surface area contributed by atoms with Crippen LogP contribution in [0.5, 0.6) is 0 Å². The molecule has 4 heteroatoms. The van der Waals surface area contributed by atoms with E-state index in [-0.39, 0.29) is 6.10 Å². The number of rotatable bonds is 5. The third-order valence-corrected chi connectivity index (χ3v) is 2.28. The monoisotopic (exact) mass is 219 g/mol. The quantitative estimate of drug-likeness (QED) is 0.792. The molecule has 86 valence electrons. The number of nitrogens with zero attached hydrogens (tertiary/aromatic N) is 2. The van der Waals surface area contributed by atoms with Crippen molar-refractivity contribution in [3.63, 3.8) is 0 Å². The van der Waals surface area contributed by atoms with E-state index >= 15 is 0 Å². The lowest BCUT2D eigenvalue weighted by molar-refractivity contribution is 0.176. The van der Waals surface area contributed by atoms with Crippen molar-refractivity contribution in [1.82, 2.24) is 4.98 Å². The van der Waals surface area contributed by atoms with Crippen LogP contribution in [0.1, 0.15) is 31.0 Å². The molecule has 4 nitrogen and oxygen atoms in total. The Hall–Kier alpha value is -1.60. The van der Waals surface area contributed by atoms with Crippen molar-refractivity contribution < 1.29 is 5.11 Å². The molecule has 0 aliphatic carbocycles. The van der Waals surface area contributed by atoms with Crippen LogP contribution < -0.4 is 5.32 Å². The Morgan fingerprint density at radius 2 is 2.31 bits per heavy atom. The van der Waals surface area contributed by atoms with E-state index in [1.807, 2.05) is 13.8 Å². The fourth-order valence-electron chi connectivity index (χ4n) is 1.43. The second-order valence-electron chi connectivity index (χ2n) is 3.78. The first-order valence-electron chi connectivity index (χ1n) is 5.47. The highest BCUT2D eigenvalue weighted by atomic mass is 16.3. The highest BCUT2D eigenvalue weighted by Crippen LogP contribution is 2.12. The summed E-state index contributed by atoms with van der Waals surface area (Å²) in [7, 11) is 0. The summed E-state index contributed by atoms with van der Waals surface area (Å²) in [6.07, 6.45) is 1.30. The zero-order valence-corrected chi connectivity index (χ0v) is 9.70. The van der Waals surface area contributed by atoms with Crippen LogP contribution in [0, 0.1) is 18.3 Å². The largest absolute Gasteiger partial charge is 0.391 e. The summed E-state index contributed by atoms with van der Waals surface area (Å²) in [5.41, 5.74) is 1.36. The van der Waals surface area contributed by atoms with Gasteiger partial charge in [0.25, 0.3) is 0 Å². The van der Waals surface area contributed by atoms with Crippen LogP contribution in [0.3, 0.4) is 0 Å². The summed E-state index contributed by atoms with van der Waals surface area (Å²) in [4.78, 5) is 4.23. The van der Waals surface area contributed by atoms with Crippen LogP contribution in [-0.2, 0) is 0 Å². The Kier molecular flexibility index (Phi) is 4.74. The fourth-order valence-corrected chi connectivity index (χ4v) is 1.43. The van der Waals surface area contributed by atoms with E-state index in [9.17, 15) is 5.11 Å². The maximum atomic E-state index is 9.57. The summed E-state index contributed by atoms with van der Waals surface area (Å²) in [5.74, 6) is 0.553. The molecule has 0 saturated carbocycles. The molecule has 1 atom stereocenters. The predicted molar refractivity (Wildman–Crippen MR) is 63.1 cm³/mol. The predicted octanol–water partition coefficient (Wildman–Crippen LogP) is 1.83. The first kappa shape index (κ1) is 12.5. The summed E-state index contributed by atoms with van der Waals surface area (Å²) in [6, 6.07) is 5.60. The van der Waals surface area contributed by atoms with Crippen LogP contribution in [0.15, 0.2) is 12.1 Å². The van der Waals surface area contributed by atoms with E-state index in [0.29, 0.717) is 17.9 Å². The second-order valence-corrected chi connectivity index (χ2v) is 3.78. The molecule has 0 amide bonds. The van der Waals surface area contributed by atoms with Crippen LogP contribution in [0.4, 0.5) is 5.82 Å². The van der Waals surface area contributed by atoms with E-state index < -0.39 is 0 Å². The highest BCUT2D eigenvalue weighted by Gasteiger charge is 2.06. The van der Waals surface area contributed by atoms with Gasteiger partial charge in [0.2, 0.25) is 0 Å². The zero-order chi connectivity index (χ0) is 12.0. The van der Waals surface area contributed by atoms with Gasteiger partial charge in [0.15, 0.2) is 0 Å². The molecule has 0 spiro atoms. The van der Waals surface area contributed by atoms with Crippen LogP contribution in [-0.4, -0.2) is 22.7 Å². The van der Waals surface area contributed by atoms with Crippen molar-refractivity contribution in [2.24, 2.45) is 0 Å². The lowest BCUT2D eigenvalue weighted by atomic mass is 10.2. The number of nitriles is 1. The van der Waals surface area contributed by atoms with Crippen molar-refractivity contribution in [2.75, 3.05) is 11.9 Å². The minimum atomic E-state index is -0.390. The minimum absolute atomic E-state index is 0.390. The molecule has 0 aromatic carbocycles. The number of aliphatic hydroxyl groups excluding tert-OH is 1. The van der Waals surface area contributed by atoms with Crippen LogP contribution >= 0.6 is 0 Å². The van der Waals surface area contributed by atoms with Crippen molar-refractivity contribution in [1.29, 1.82) is 5.26 Å². The van der Waals surface area contributed by atoms with Crippen molar-refractivity contribution in [2.45, 2.75) is 32.8 Å². The standard InChI is InChI=1S/C12H17N3O/c1-3-4-11(16)8-14-12-10(7-13)6-5-9(2)15-12/h5-6,11,16H,3-4,8H2,1-2H3,(H,14,15). The number of aliphatic hydroxyl groups is 1. The van der Waals surface area contributed by atoms with Gasteiger partial charge >= 0.3 is 0 Å². The SMILES string of the molecule is CCCC(O)CNc1nc(C)ccc1C#N. The van der Waals surface area contributed by atoms with Gasteiger partial charge in [-0.15, -0.1) is 0 Å². The maximum absolute atomic E-state index is 9.57. The lowest BCUT2D eigenvalue weighted by Gasteiger charge is -2.12. The average molecular weight is 219 g/mol. The third-order valence-electron chi connectivity index (χ3n) is 2.28. The normalized spacial score (nSPS) is 11.9. The Labute approximate surface area is 95.9 Å². The molecule has 0 aliphatic heterocycles. The number of aryl methyl sites for hydroxylation is 1. The van der Waals surface area contributed by atoms with E-state index in [4.69, 9.17) is 5.26 Å². The lowest BCUT2D eigenvalue weighted by Crippen LogP contribution is -2.20. The van der Waals surface area contributed by atoms with Crippen LogP contribution in [0.25, 0.3) is 0 Å². The Morgan fingerprint density at radius 1 is 1.56 bits per heavy atom. The molecule has 1 rings (SSSR count). The molecule has 0 aliphatic rings. The molecule has 0 fully saturated rings. The summed E-state index contributed by atoms with van der Waals surface area (Å²) < 4.78 is 0. The van der Waals surface area contributed by atoms with E-state index in [0.717, 1.165) is 18.5 Å². The fraction of sp³-hybridized carbons (Fsp3) is 0.500. The van der Waals surface area contributed by atoms with Crippen molar-refractivity contribution >= 4 is 5.82 Å². The molecule has 1 aromatic rings. The van der Waals surface area contributed by atoms with Crippen molar-refractivity contribution in [3.05, 3.63) is 23.4 Å². The van der Waals surface area contributed by atoms with Gasteiger partial charge in [-0.3, -0.25) is 0 Å². The number of nitrogens with one attached hydrogen (secondary N) is 1. The maximum Gasteiger partial charge on any atom is 0.144 e. The minimum Gasteiger partial charge on any atom is -0.391 e. The molecule has 1 aromatic heterocycles. The third kappa shape index (κ3) is 3.52. The number of pyridine rings is 1. The molecule has 0 saturated heterocycles. The topological polar surface area (TPSA) is 68.9 Å². The molecule has 0 radical (unpaired) electrons. The number of anilines is 1. The number of aromatic nitrogens is 1. The Balaban J connectivity index is 2.66. The van der Waals surface area contributed by atoms with Gasteiger partial charge in [-0.05, 0) is 25.5 Å². The van der Waals surface area contributed by atoms with Gasteiger partial charge in [0, 0.05) is 12.2 Å². The first-order valence-corrected chi connectivity index (χ1v) is 5.47. The van der Waals surface area contributed by atoms with Gasteiger partial charge in [-0.1, -0.05) is 13.3 Å². The van der Waals surface area contributed by atoms with E-state index in [1.54, 1.807) is 12.1 Å². The molecule has 1 unspecified atom stereocenters. The molecular formula is C12H17N3O. The Bertz CT molecular complexity index is 384. The smallest absolute Gasteiger partial charge is 0.144 e. The molecule has 0 bridgehead atoms. The van der Waals surface area contributed by atoms with Crippen molar-refractivity contribution in [3.8, 4) is 6.07 Å². The summed E-state index contributed by atoms with van der Waals surface area (Å²) in [6.45, 7) is 4.32. The van der Waals surface area contributed by atoms with E-state index in [2.05, 4.69) is 16.4 Å².